The molecule has 3 aromatic heterocycles. The Balaban J connectivity index is 1.44. The largest absolute Gasteiger partial charge is 0.349 e. The molecule has 132 valence electrons. The molecule has 4 aromatic rings. The first-order valence-corrected chi connectivity index (χ1v) is 8.40. The van der Waals surface area contributed by atoms with Gasteiger partial charge in [-0.05, 0) is 24.3 Å². The molecule has 1 amide bonds. The Morgan fingerprint density at radius 3 is 2.48 bits per heavy atom. The second-order valence-corrected chi connectivity index (χ2v) is 5.80. The molecule has 0 aliphatic carbocycles. The van der Waals surface area contributed by atoms with E-state index in [1.165, 1.54) is 12.4 Å². The number of hydrogen-bond acceptors (Lipinski definition) is 6. The fourth-order valence-electron chi connectivity index (χ4n) is 2.61. The van der Waals surface area contributed by atoms with E-state index in [-0.39, 0.29) is 5.91 Å². The molecule has 0 radical (unpaired) electrons. The normalized spacial score (nSPS) is 10.5. The molecule has 7 nitrogen and oxygen atoms in total. The molecule has 0 fully saturated rings. The summed E-state index contributed by atoms with van der Waals surface area (Å²) in [5, 5.41) is 6.90. The second-order valence-electron chi connectivity index (χ2n) is 5.80. The molecule has 0 aliphatic heterocycles. The zero-order valence-corrected chi connectivity index (χ0v) is 14.3. The summed E-state index contributed by atoms with van der Waals surface area (Å²) in [5.74, 6) is 0.147. The number of carbonyl (C=O) groups excluding carboxylic acids is 1. The van der Waals surface area contributed by atoms with Gasteiger partial charge < -0.3 is 10.6 Å². The third-order valence-electron chi connectivity index (χ3n) is 3.95. The third kappa shape index (κ3) is 3.87. The number of pyridine rings is 2. The van der Waals surface area contributed by atoms with Gasteiger partial charge in [-0.25, -0.2) is 9.97 Å². The highest BCUT2D eigenvalue weighted by Crippen LogP contribution is 2.21. The Bertz CT molecular complexity index is 1060. The molecule has 7 heteroatoms. The van der Waals surface area contributed by atoms with Gasteiger partial charge in [0.15, 0.2) is 0 Å². The quantitative estimate of drug-likeness (QED) is 0.570. The fraction of sp³-hybridized carbons (Fsp3) is 0.0500. The van der Waals surface area contributed by atoms with Gasteiger partial charge in [0.1, 0.15) is 0 Å². The number of nitrogens with one attached hydrogen (secondary N) is 2. The minimum Gasteiger partial charge on any atom is -0.349 e. The lowest BCUT2D eigenvalue weighted by molar-refractivity contribution is 0.102. The number of benzene rings is 1. The van der Waals surface area contributed by atoms with Crippen LogP contribution in [0.15, 0.2) is 73.3 Å². The summed E-state index contributed by atoms with van der Waals surface area (Å²) in [6.45, 7) is 0.508. The van der Waals surface area contributed by atoms with Crippen molar-refractivity contribution in [2.45, 2.75) is 6.54 Å². The van der Waals surface area contributed by atoms with Crippen LogP contribution in [-0.4, -0.2) is 25.8 Å². The van der Waals surface area contributed by atoms with Gasteiger partial charge in [-0.1, -0.05) is 24.3 Å². The first-order valence-electron chi connectivity index (χ1n) is 8.40. The van der Waals surface area contributed by atoms with Crippen LogP contribution in [0.3, 0.4) is 0 Å². The molecule has 0 aliphatic rings. The van der Waals surface area contributed by atoms with Gasteiger partial charge in [0.05, 0.1) is 29.0 Å². The number of para-hydroxylation sites is 1. The van der Waals surface area contributed by atoms with Crippen molar-refractivity contribution in [2.75, 3.05) is 10.6 Å². The summed E-state index contributed by atoms with van der Waals surface area (Å²) >= 11 is 0. The second kappa shape index (κ2) is 7.57. The van der Waals surface area contributed by atoms with Crippen LogP contribution < -0.4 is 10.6 Å². The molecule has 0 saturated carbocycles. The molecule has 0 atom stereocenters. The molecular weight excluding hydrogens is 340 g/mol. The lowest BCUT2D eigenvalue weighted by Crippen LogP contribution is -2.14. The van der Waals surface area contributed by atoms with Crippen molar-refractivity contribution in [1.29, 1.82) is 0 Å². The number of rotatable bonds is 5. The summed E-state index contributed by atoms with van der Waals surface area (Å²) in [5.41, 5.74) is 2.64. The molecule has 1 aromatic carbocycles. The van der Waals surface area contributed by atoms with E-state index >= 15 is 0 Å². The molecule has 4 rings (SSSR count). The molecule has 27 heavy (non-hydrogen) atoms. The van der Waals surface area contributed by atoms with E-state index in [9.17, 15) is 4.79 Å². The topological polar surface area (TPSA) is 92.7 Å². The average molecular weight is 356 g/mol. The molecule has 0 saturated heterocycles. The van der Waals surface area contributed by atoms with Crippen LogP contribution in [0.5, 0.6) is 0 Å². The number of fused-ring (bicyclic) bond motifs is 1. The van der Waals surface area contributed by atoms with Gasteiger partial charge in [0.25, 0.3) is 5.91 Å². The SMILES string of the molecule is O=C(Nc1cccc2cccnc12)c1cnc(NCc2ccccn2)nc1. The van der Waals surface area contributed by atoms with E-state index in [0.717, 1.165) is 16.6 Å². The van der Waals surface area contributed by atoms with Crippen LogP contribution in [0.25, 0.3) is 10.9 Å². The van der Waals surface area contributed by atoms with Crippen LogP contribution in [0.2, 0.25) is 0 Å². The zero-order valence-electron chi connectivity index (χ0n) is 14.3. The lowest BCUT2D eigenvalue weighted by atomic mass is 10.2. The number of hydrogen-bond donors (Lipinski definition) is 2. The maximum atomic E-state index is 12.5. The summed E-state index contributed by atoms with van der Waals surface area (Å²) < 4.78 is 0. The fourth-order valence-corrected chi connectivity index (χ4v) is 2.61. The number of carbonyl (C=O) groups is 1. The van der Waals surface area contributed by atoms with E-state index in [0.29, 0.717) is 23.7 Å². The van der Waals surface area contributed by atoms with Crippen molar-refractivity contribution in [2.24, 2.45) is 0 Å². The maximum Gasteiger partial charge on any atom is 0.258 e. The van der Waals surface area contributed by atoms with Crippen LogP contribution in [0.4, 0.5) is 11.6 Å². The molecule has 0 unspecified atom stereocenters. The van der Waals surface area contributed by atoms with Gasteiger partial charge in [0, 0.05) is 30.2 Å². The van der Waals surface area contributed by atoms with Crippen molar-refractivity contribution in [3.63, 3.8) is 0 Å². The molecule has 0 spiro atoms. The van der Waals surface area contributed by atoms with Crippen molar-refractivity contribution in [1.82, 2.24) is 19.9 Å². The standard InChI is InChI=1S/C20H16N6O/c27-19(26-17-8-3-5-14-6-4-10-22-18(14)17)15-11-23-20(24-12-15)25-13-16-7-1-2-9-21-16/h1-12H,13H2,(H,26,27)(H,23,24,25). The summed E-state index contributed by atoms with van der Waals surface area (Å²) in [4.78, 5) is 29.4. The van der Waals surface area contributed by atoms with Crippen LogP contribution in [0, 0.1) is 0 Å². The van der Waals surface area contributed by atoms with Gasteiger partial charge in [-0.2, -0.15) is 0 Å². The Morgan fingerprint density at radius 1 is 0.852 bits per heavy atom. The smallest absolute Gasteiger partial charge is 0.258 e. The van der Waals surface area contributed by atoms with Crippen LogP contribution >= 0.6 is 0 Å². The average Bonchev–Trinajstić information content (AvgIpc) is 2.74. The van der Waals surface area contributed by atoms with Crippen molar-refractivity contribution >= 4 is 28.4 Å². The molecule has 2 N–H and O–H groups in total. The van der Waals surface area contributed by atoms with Gasteiger partial charge in [0.2, 0.25) is 5.95 Å². The van der Waals surface area contributed by atoms with E-state index in [1.807, 2.05) is 48.5 Å². The zero-order chi connectivity index (χ0) is 18.5. The summed E-state index contributed by atoms with van der Waals surface area (Å²) in [7, 11) is 0. The lowest BCUT2D eigenvalue weighted by Gasteiger charge is -2.08. The molecule has 3 heterocycles. The molecule has 0 bridgehead atoms. The highest BCUT2D eigenvalue weighted by atomic mass is 16.1. The van der Waals surface area contributed by atoms with Crippen molar-refractivity contribution in [3.05, 3.63) is 84.6 Å². The van der Waals surface area contributed by atoms with Crippen LogP contribution in [0.1, 0.15) is 16.1 Å². The highest BCUT2D eigenvalue weighted by molar-refractivity contribution is 6.08. The summed E-state index contributed by atoms with van der Waals surface area (Å²) in [6, 6.07) is 15.1. The Hall–Kier alpha value is -3.87. The predicted octanol–water partition coefficient (Wildman–Crippen LogP) is 3.28. The van der Waals surface area contributed by atoms with Gasteiger partial charge in [-0.15, -0.1) is 0 Å². The predicted molar refractivity (Wildman–Crippen MR) is 103 cm³/mol. The van der Waals surface area contributed by atoms with E-state index in [4.69, 9.17) is 0 Å². The summed E-state index contributed by atoms with van der Waals surface area (Å²) in [6.07, 6.45) is 6.40. The van der Waals surface area contributed by atoms with E-state index in [2.05, 4.69) is 30.6 Å². The number of amides is 1. The molecular formula is C20H16N6O. The third-order valence-corrected chi connectivity index (χ3v) is 3.95. The van der Waals surface area contributed by atoms with Crippen molar-refractivity contribution < 1.29 is 4.79 Å². The first-order chi connectivity index (χ1) is 13.3. The number of anilines is 2. The monoisotopic (exact) mass is 356 g/mol. The minimum atomic E-state index is -0.288. The van der Waals surface area contributed by atoms with Crippen LogP contribution in [-0.2, 0) is 6.54 Å². The van der Waals surface area contributed by atoms with E-state index < -0.39 is 0 Å². The highest BCUT2D eigenvalue weighted by Gasteiger charge is 2.10. The van der Waals surface area contributed by atoms with Gasteiger partial charge in [-0.3, -0.25) is 14.8 Å². The maximum absolute atomic E-state index is 12.5. The first kappa shape index (κ1) is 16.6. The number of nitrogens with zero attached hydrogens (tertiary/aromatic N) is 4. The number of aromatic nitrogens is 4. The minimum absolute atomic E-state index is 0.288. The Morgan fingerprint density at radius 2 is 1.67 bits per heavy atom. The van der Waals surface area contributed by atoms with Gasteiger partial charge >= 0.3 is 0 Å². The van der Waals surface area contributed by atoms with Crippen molar-refractivity contribution in [3.8, 4) is 0 Å². The van der Waals surface area contributed by atoms with E-state index in [1.54, 1.807) is 12.4 Å². The Kier molecular flexibility index (Phi) is 4.65. The Labute approximate surface area is 155 Å².